The first kappa shape index (κ1) is 11.5. The molecule has 0 unspecified atom stereocenters. The van der Waals surface area contributed by atoms with Gasteiger partial charge in [-0.3, -0.25) is 0 Å². The quantitative estimate of drug-likeness (QED) is 0.799. The van der Waals surface area contributed by atoms with E-state index in [1.54, 1.807) is 0 Å². The van der Waals surface area contributed by atoms with Gasteiger partial charge in [-0.2, -0.15) is 0 Å². The van der Waals surface area contributed by atoms with Gasteiger partial charge in [-0.25, -0.2) is 8.78 Å². The van der Waals surface area contributed by atoms with Gasteiger partial charge in [-0.15, -0.1) is 0 Å². The summed E-state index contributed by atoms with van der Waals surface area (Å²) >= 11 is 0. The largest absolute Gasteiger partial charge is 0.372 e. The molecule has 4 heteroatoms. The maximum atomic E-state index is 13.5. The zero-order chi connectivity index (χ0) is 11.7. The molecular formula is C12H15F2NO. The predicted molar refractivity (Wildman–Crippen MR) is 56.8 cm³/mol. The van der Waals surface area contributed by atoms with Crippen LogP contribution >= 0.6 is 0 Å². The van der Waals surface area contributed by atoms with Gasteiger partial charge < -0.3 is 10.5 Å². The highest BCUT2D eigenvalue weighted by atomic mass is 19.1. The number of rotatable bonds is 1. The minimum atomic E-state index is -0.535. The summed E-state index contributed by atoms with van der Waals surface area (Å²) in [5, 5.41) is 0. The summed E-state index contributed by atoms with van der Waals surface area (Å²) in [6.45, 7) is 2.56. The SMILES string of the molecule is C[C@H]1CO[C@H](c2cc(F)ccc2F)[C@@H](N)C1. The Bertz CT molecular complexity index is 383. The van der Waals surface area contributed by atoms with E-state index >= 15 is 0 Å². The molecule has 0 amide bonds. The van der Waals surface area contributed by atoms with Crippen molar-refractivity contribution in [2.45, 2.75) is 25.5 Å². The minimum absolute atomic E-state index is 0.222. The van der Waals surface area contributed by atoms with Gasteiger partial charge >= 0.3 is 0 Å². The second-order valence-electron chi connectivity index (χ2n) is 4.42. The summed E-state index contributed by atoms with van der Waals surface area (Å²) in [4.78, 5) is 0. The van der Waals surface area contributed by atoms with Gasteiger partial charge in [0.25, 0.3) is 0 Å². The van der Waals surface area contributed by atoms with Crippen LogP contribution in [0.2, 0.25) is 0 Å². The number of halogens is 2. The molecule has 16 heavy (non-hydrogen) atoms. The lowest BCUT2D eigenvalue weighted by Gasteiger charge is -2.33. The minimum Gasteiger partial charge on any atom is -0.372 e. The topological polar surface area (TPSA) is 35.2 Å². The second kappa shape index (κ2) is 4.47. The van der Waals surface area contributed by atoms with Crippen molar-refractivity contribution in [3.05, 3.63) is 35.4 Å². The van der Waals surface area contributed by atoms with Crippen LogP contribution in [0.25, 0.3) is 0 Å². The monoisotopic (exact) mass is 227 g/mol. The van der Waals surface area contributed by atoms with Gasteiger partial charge in [0.2, 0.25) is 0 Å². The lowest BCUT2D eigenvalue weighted by Crippen LogP contribution is -2.38. The lowest BCUT2D eigenvalue weighted by molar-refractivity contribution is -0.0284. The molecule has 0 radical (unpaired) electrons. The Balaban J connectivity index is 2.26. The number of ether oxygens (including phenoxy) is 1. The van der Waals surface area contributed by atoms with Crippen molar-refractivity contribution in [2.75, 3.05) is 6.61 Å². The van der Waals surface area contributed by atoms with Crippen molar-refractivity contribution >= 4 is 0 Å². The Hall–Kier alpha value is -1.00. The Labute approximate surface area is 93.4 Å². The van der Waals surface area contributed by atoms with Crippen molar-refractivity contribution in [3.8, 4) is 0 Å². The third kappa shape index (κ3) is 2.23. The molecule has 1 aliphatic heterocycles. The smallest absolute Gasteiger partial charge is 0.129 e. The molecule has 0 saturated carbocycles. The molecule has 2 N–H and O–H groups in total. The average molecular weight is 227 g/mol. The van der Waals surface area contributed by atoms with Gasteiger partial charge in [0.1, 0.15) is 17.7 Å². The van der Waals surface area contributed by atoms with E-state index in [1.807, 2.05) is 6.92 Å². The molecular weight excluding hydrogens is 212 g/mol. The highest BCUT2D eigenvalue weighted by Gasteiger charge is 2.30. The van der Waals surface area contributed by atoms with Crippen LogP contribution in [0.4, 0.5) is 8.78 Å². The van der Waals surface area contributed by atoms with E-state index in [0.717, 1.165) is 24.6 Å². The predicted octanol–water partition coefficient (Wildman–Crippen LogP) is 2.39. The van der Waals surface area contributed by atoms with Crippen LogP contribution in [0.3, 0.4) is 0 Å². The maximum absolute atomic E-state index is 13.5. The molecule has 0 aromatic heterocycles. The fraction of sp³-hybridized carbons (Fsp3) is 0.500. The van der Waals surface area contributed by atoms with Crippen LogP contribution < -0.4 is 5.73 Å². The van der Waals surface area contributed by atoms with Crippen molar-refractivity contribution in [1.82, 2.24) is 0 Å². The van der Waals surface area contributed by atoms with Gasteiger partial charge in [-0.05, 0) is 30.5 Å². The molecule has 88 valence electrons. The van der Waals surface area contributed by atoms with E-state index in [2.05, 4.69) is 0 Å². The Morgan fingerprint density at radius 3 is 2.81 bits per heavy atom. The van der Waals surface area contributed by atoms with Crippen molar-refractivity contribution in [3.63, 3.8) is 0 Å². The highest BCUT2D eigenvalue weighted by molar-refractivity contribution is 5.23. The van der Waals surface area contributed by atoms with Gasteiger partial charge in [0.15, 0.2) is 0 Å². The number of hydrogen-bond donors (Lipinski definition) is 1. The van der Waals surface area contributed by atoms with Crippen LogP contribution in [0.15, 0.2) is 18.2 Å². The summed E-state index contributed by atoms with van der Waals surface area (Å²) in [5.74, 6) is -0.565. The summed E-state index contributed by atoms with van der Waals surface area (Å²) in [7, 11) is 0. The van der Waals surface area contributed by atoms with E-state index in [9.17, 15) is 8.78 Å². The third-order valence-electron chi connectivity index (χ3n) is 2.89. The third-order valence-corrected chi connectivity index (χ3v) is 2.89. The molecule has 1 aliphatic rings. The van der Waals surface area contributed by atoms with Gasteiger partial charge in [0.05, 0.1) is 6.61 Å². The van der Waals surface area contributed by atoms with Gasteiger partial charge in [-0.1, -0.05) is 6.92 Å². The molecule has 2 nitrogen and oxygen atoms in total. The van der Waals surface area contributed by atoms with Crippen LogP contribution in [-0.4, -0.2) is 12.6 Å². The first-order valence-electron chi connectivity index (χ1n) is 5.40. The molecule has 0 spiro atoms. The van der Waals surface area contributed by atoms with E-state index in [-0.39, 0.29) is 11.6 Å². The van der Waals surface area contributed by atoms with E-state index in [0.29, 0.717) is 12.5 Å². The summed E-state index contributed by atoms with van der Waals surface area (Å²) < 4.78 is 32.1. The molecule has 3 atom stereocenters. The molecule has 1 heterocycles. The summed E-state index contributed by atoms with van der Waals surface area (Å²) in [6.07, 6.45) is 0.229. The molecule has 1 saturated heterocycles. The van der Waals surface area contributed by atoms with E-state index in [4.69, 9.17) is 10.5 Å². The standard InChI is InChI=1S/C12H15F2NO/c1-7-4-11(15)12(16-6-7)9-5-8(13)2-3-10(9)14/h2-3,5,7,11-12H,4,6,15H2,1H3/t7-,11+,12-/m1/s1. The van der Waals surface area contributed by atoms with Crippen molar-refractivity contribution < 1.29 is 13.5 Å². The van der Waals surface area contributed by atoms with Crippen LogP contribution in [-0.2, 0) is 4.74 Å². The van der Waals surface area contributed by atoms with E-state index < -0.39 is 17.7 Å². The summed E-state index contributed by atoms with van der Waals surface area (Å²) in [5.41, 5.74) is 6.13. The second-order valence-corrected chi connectivity index (χ2v) is 4.42. The van der Waals surface area contributed by atoms with Crippen LogP contribution in [0, 0.1) is 17.6 Å². The molecule has 0 bridgehead atoms. The Morgan fingerprint density at radius 2 is 2.12 bits per heavy atom. The Morgan fingerprint density at radius 1 is 1.38 bits per heavy atom. The fourth-order valence-electron chi connectivity index (χ4n) is 2.10. The number of nitrogens with two attached hydrogens (primary N) is 1. The lowest BCUT2D eigenvalue weighted by atomic mass is 9.91. The molecule has 1 aromatic carbocycles. The molecule has 0 aliphatic carbocycles. The number of benzene rings is 1. The molecule has 1 aromatic rings. The maximum Gasteiger partial charge on any atom is 0.129 e. The average Bonchev–Trinajstić information content (AvgIpc) is 2.22. The molecule has 1 fully saturated rings. The van der Waals surface area contributed by atoms with Crippen molar-refractivity contribution in [2.24, 2.45) is 11.7 Å². The summed E-state index contributed by atoms with van der Waals surface area (Å²) in [6, 6.07) is 3.09. The Kier molecular flexibility index (Phi) is 3.21. The molecule has 2 rings (SSSR count). The normalized spacial score (nSPS) is 30.4. The van der Waals surface area contributed by atoms with Crippen LogP contribution in [0.5, 0.6) is 0 Å². The zero-order valence-electron chi connectivity index (χ0n) is 9.12. The van der Waals surface area contributed by atoms with E-state index in [1.165, 1.54) is 0 Å². The van der Waals surface area contributed by atoms with Gasteiger partial charge in [0, 0.05) is 11.6 Å². The van der Waals surface area contributed by atoms with Crippen molar-refractivity contribution in [1.29, 1.82) is 0 Å². The first-order chi connectivity index (χ1) is 7.58. The fourth-order valence-corrected chi connectivity index (χ4v) is 2.10. The zero-order valence-corrected chi connectivity index (χ0v) is 9.12. The first-order valence-corrected chi connectivity index (χ1v) is 5.40. The highest BCUT2D eigenvalue weighted by Crippen LogP contribution is 2.31. The van der Waals surface area contributed by atoms with Crippen LogP contribution in [0.1, 0.15) is 25.0 Å². The number of hydrogen-bond acceptors (Lipinski definition) is 2.